The van der Waals surface area contributed by atoms with Gasteiger partial charge in [0.1, 0.15) is 0 Å². The van der Waals surface area contributed by atoms with E-state index in [2.05, 4.69) is 50.2 Å². The Bertz CT molecular complexity index is 861. The normalized spacial score (nSPS) is 18.1. The van der Waals surface area contributed by atoms with Crippen LogP contribution in [-0.4, -0.2) is 0 Å². The monoisotopic (exact) mass is 294 g/mol. The van der Waals surface area contributed by atoms with Crippen molar-refractivity contribution in [3.8, 4) is 0 Å². The molecule has 0 radical (unpaired) electrons. The first kappa shape index (κ1) is 13.2. The smallest absolute Gasteiger partial charge is 0.0513 e. The first-order chi connectivity index (χ1) is 10.2. The van der Waals surface area contributed by atoms with Gasteiger partial charge in [-0.15, -0.1) is 0 Å². The van der Waals surface area contributed by atoms with Crippen LogP contribution in [-0.2, 0) is 6.42 Å². The third-order valence-corrected chi connectivity index (χ3v) is 5.53. The van der Waals surface area contributed by atoms with Crippen LogP contribution >= 0.6 is 11.6 Å². The van der Waals surface area contributed by atoms with Crippen molar-refractivity contribution in [2.45, 2.75) is 39.0 Å². The van der Waals surface area contributed by atoms with Gasteiger partial charge in [-0.05, 0) is 65.0 Å². The lowest BCUT2D eigenvalue weighted by Gasteiger charge is -2.24. The molecule has 1 aliphatic carbocycles. The Kier molecular flexibility index (Phi) is 2.97. The van der Waals surface area contributed by atoms with E-state index in [1.54, 1.807) is 11.1 Å². The van der Waals surface area contributed by atoms with Crippen molar-refractivity contribution in [2.75, 3.05) is 0 Å². The molecule has 1 unspecified atom stereocenters. The fourth-order valence-electron chi connectivity index (χ4n) is 3.91. The van der Waals surface area contributed by atoms with Gasteiger partial charge in [0, 0.05) is 5.39 Å². The number of hydrogen-bond donors (Lipinski definition) is 0. The molecule has 0 saturated carbocycles. The number of fused-ring (bicyclic) bond motifs is 5. The molecular weight excluding hydrogens is 276 g/mol. The lowest BCUT2D eigenvalue weighted by atomic mass is 9.80. The van der Waals surface area contributed by atoms with Crippen LogP contribution in [0.15, 0.2) is 36.4 Å². The van der Waals surface area contributed by atoms with Crippen LogP contribution in [0.5, 0.6) is 0 Å². The highest BCUT2D eigenvalue weighted by Crippen LogP contribution is 2.40. The van der Waals surface area contributed by atoms with E-state index >= 15 is 0 Å². The van der Waals surface area contributed by atoms with Gasteiger partial charge in [-0.25, -0.2) is 0 Å². The predicted molar refractivity (Wildman–Crippen MR) is 92.6 cm³/mol. The standard InChI is InChI=1S/C20H19Cl/c1-12-4-3-5-14-7-9-15-16-8-6-13(2)20(21)18(16)11-10-17(15)19(12)14/h6-12H,3-5H2,1-2H3. The van der Waals surface area contributed by atoms with Gasteiger partial charge in [0.2, 0.25) is 0 Å². The second kappa shape index (κ2) is 4.74. The number of aryl methyl sites for hydroxylation is 2. The van der Waals surface area contributed by atoms with E-state index in [1.807, 2.05) is 0 Å². The van der Waals surface area contributed by atoms with Gasteiger partial charge < -0.3 is 0 Å². The van der Waals surface area contributed by atoms with E-state index in [-0.39, 0.29) is 0 Å². The highest BCUT2D eigenvalue weighted by molar-refractivity contribution is 6.37. The Balaban J connectivity index is 2.14. The molecule has 0 aromatic heterocycles. The Labute approximate surface area is 130 Å². The van der Waals surface area contributed by atoms with Crippen molar-refractivity contribution in [2.24, 2.45) is 0 Å². The third-order valence-electron chi connectivity index (χ3n) is 5.03. The van der Waals surface area contributed by atoms with Gasteiger partial charge in [-0.2, -0.15) is 0 Å². The van der Waals surface area contributed by atoms with E-state index in [4.69, 9.17) is 11.6 Å². The molecule has 0 N–H and O–H groups in total. The fraction of sp³-hybridized carbons (Fsp3) is 0.300. The van der Waals surface area contributed by atoms with Crippen molar-refractivity contribution < 1.29 is 0 Å². The maximum atomic E-state index is 6.50. The van der Waals surface area contributed by atoms with E-state index in [9.17, 15) is 0 Å². The molecule has 0 spiro atoms. The lowest BCUT2D eigenvalue weighted by Crippen LogP contribution is -2.07. The summed E-state index contributed by atoms with van der Waals surface area (Å²) in [7, 11) is 0. The first-order valence-electron chi connectivity index (χ1n) is 7.80. The molecule has 1 atom stereocenters. The van der Waals surface area contributed by atoms with E-state index in [0.29, 0.717) is 5.92 Å². The van der Waals surface area contributed by atoms with Gasteiger partial charge in [0.05, 0.1) is 5.02 Å². The van der Waals surface area contributed by atoms with E-state index in [0.717, 1.165) is 10.6 Å². The molecule has 0 bridgehead atoms. The molecular formula is C20H19Cl. The minimum atomic E-state index is 0.663. The summed E-state index contributed by atoms with van der Waals surface area (Å²) >= 11 is 6.50. The molecule has 21 heavy (non-hydrogen) atoms. The Morgan fingerprint density at radius 1 is 0.905 bits per heavy atom. The lowest BCUT2D eigenvalue weighted by molar-refractivity contribution is 0.595. The van der Waals surface area contributed by atoms with Gasteiger partial charge >= 0.3 is 0 Å². The molecule has 1 aliphatic rings. The topological polar surface area (TPSA) is 0 Å². The minimum absolute atomic E-state index is 0.663. The Hall–Kier alpha value is -1.53. The van der Waals surface area contributed by atoms with E-state index < -0.39 is 0 Å². The largest absolute Gasteiger partial charge is 0.0834 e. The van der Waals surface area contributed by atoms with Crippen LogP contribution in [0.4, 0.5) is 0 Å². The molecule has 3 aromatic rings. The van der Waals surface area contributed by atoms with Gasteiger partial charge in [0.15, 0.2) is 0 Å². The van der Waals surface area contributed by atoms with Crippen molar-refractivity contribution in [3.63, 3.8) is 0 Å². The van der Waals surface area contributed by atoms with Gasteiger partial charge in [-0.1, -0.05) is 54.9 Å². The van der Waals surface area contributed by atoms with Crippen molar-refractivity contribution >= 4 is 33.1 Å². The second-order valence-electron chi connectivity index (χ2n) is 6.38. The molecule has 3 aromatic carbocycles. The first-order valence-corrected chi connectivity index (χ1v) is 8.18. The third kappa shape index (κ3) is 1.89. The number of rotatable bonds is 0. The summed E-state index contributed by atoms with van der Waals surface area (Å²) in [6.45, 7) is 4.44. The van der Waals surface area contributed by atoms with Crippen LogP contribution in [0.1, 0.15) is 42.4 Å². The summed E-state index contributed by atoms with van der Waals surface area (Å²) in [5.74, 6) is 0.663. The van der Waals surface area contributed by atoms with Crippen molar-refractivity contribution in [1.29, 1.82) is 0 Å². The average Bonchev–Trinajstić information content (AvgIpc) is 2.50. The summed E-state index contributed by atoms with van der Waals surface area (Å²) in [5.41, 5.74) is 4.26. The second-order valence-corrected chi connectivity index (χ2v) is 6.76. The van der Waals surface area contributed by atoms with Crippen LogP contribution in [0.25, 0.3) is 21.5 Å². The number of hydrogen-bond acceptors (Lipinski definition) is 0. The quantitative estimate of drug-likeness (QED) is 0.421. The molecule has 0 amide bonds. The van der Waals surface area contributed by atoms with Gasteiger partial charge in [-0.3, -0.25) is 0 Å². The zero-order chi connectivity index (χ0) is 14.6. The molecule has 0 nitrogen and oxygen atoms in total. The Morgan fingerprint density at radius 3 is 2.43 bits per heavy atom. The average molecular weight is 295 g/mol. The van der Waals surface area contributed by atoms with Crippen LogP contribution in [0, 0.1) is 6.92 Å². The summed E-state index contributed by atoms with van der Waals surface area (Å²) in [5, 5.41) is 6.12. The van der Waals surface area contributed by atoms with Crippen molar-refractivity contribution in [1.82, 2.24) is 0 Å². The summed E-state index contributed by atoms with van der Waals surface area (Å²) in [6, 6.07) is 13.5. The summed E-state index contributed by atoms with van der Waals surface area (Å²) in [4.78, 5) is 0. The predicted octanol–water partition coefficient (Wildman–Crippen LogP) is 6.39. The van der Waals surface area contributed by atoms with Crippen LogP contribution < -0.4 is 0 Å². The van der Waals surface area contributed by atoms with Gasteiger partial charge in [0.25, 0.3) is 0 Å². The fourth-order valence-corrected chi connectivity index (χ4v) is 4.13. The zero-order valence-corrected chi connectivity index (χ0v) is 13.3. The SMILES string of the molecule is Cc1ccc2c(ccc3c4c(ccc32)CCCC4C)c1Cl. The maximum absolute atomic E-state index is 6.50. The summed E-state index contributed by atoms with van der Waals surface area (Å²) in [6.07, 6.45) is 3.85. The molecule has 1 heteroatoms. The zero-order valence-electron chi connectivity index (χ0n) is 12.5. The molecule has 106 valence electrons. The highest BCUT2D eigenvalue weighted by atomic mass is 35.5. The van der Waals surface area contributed by atoms with Crippen LogP contribution in [0.3, 0.4) is 0 Å². The van der Waals surface area contributed by atoms with Crippen molar-refractivity contribution in [3.05, 3.63) is 58.1 Å². The molecule has 0 fully saturated rings. The minimum Gasteiger partial charge on any atom is -0.0834 e. The maximum Gasteiger partial charge on any atom is 0.0513 e. The molecule has 0 aliphatic heterocycles. The molecule has 0 heterocycles. The number of benzene rings is 3. The summed E-state index contributed by atoms with van der Waals surface area (Å²) < 4.78 is 0. The Morgan fingerprint density at radius 2 is 1.57 bits per heavy atom. The molecule has 0 saturated heterocycles. The molecule has 4 rings (SSSR count). The van der Waals surface area contributed by atoms with E-state index in [1.165, 1.54) is 40.8 Å². The number of halogens is 1. The highest BCUT2D eigenvalue weighted by Gasteiger charge is 2.19. The van der Waals surface area contributed by atoms with Crippen LogP contribution in [0.2, 0.25) is 5.02 Å².